The number of pyridine rings is 1. The van der Waals surface area contributed by atoms with Gasteiger partial charge in [-0.05, 0) is 32.0 Å². The van der Waals surface area contributed by atoms with Gasteiger partial charge in [-0.1, -0.05) is 18.2 Å². The summed E-state index contributed by atoms with van der Waals surface area (Å²) < 4.78 is 1.99. The topological polar surface area (TPSA) is 74.6 Å². The van der Waals surface area contributed by atoms with Crippen molar-refractivity contribution in [3.05, 3.63) is 54.5 Å². The smallest absolute Gasteiger partial charge is 0.255 e. The maximum absolute atomic E-state index is 13.0. The van der Waals surface area contributed by atoms with E-state index < -0.39 is 0 Å². The lowest BCUT2D eigenvalue weighted by Gasteiger charge is -2.35. The average molecular weight is 421 g/mol. The number of piperazine rings is 1. The first-order chi connectivity index (χ1) is 14.9. The molecule has 0 saturated carbocycles. The molecule has 0 radical (unpaired) electrons. The van der Waals surface area contributed by atoms with Crippen molar-refractivity contribution < 1.29 is 9.59 Å². The standard InChI is InChI=1S/C23H28N6O2/c1-17(2)29-16-25-20-13-18(14-24-22(20)29)23(31)28-11-9-27(10-12-28)15-21(30)26(3)19-7-5-4-6-8-19/h4-8,13-14,16-17H,9-12,15H2,1-3H3. The molecule has 162 valence electrons. The van der Waals surface area contributed by atoms with E-state index in [0.29, 0.717) is 38.3 Å². The van der Waals surface area contributed by atoms with Crippen LogP contribution in [0.5, 0.6) is 0 Å². The van der Waals surface area contributed by atoms with E-state index in [4.69, 9.17) is 0 Å². The second kappa shape index (κ2) is 8.85. The Bertz CT molecular complexity index is 1070. The highest BCUT2D eigenvalue weighted by Gasteiger charge is 2.25. The van der Waals surface area contributed by atoms with Crippen molar-refractivity contribution >= 4 is 28.7 Å². The maximum atomic E-state index is 13.0. The van der Waals surface area contributed by atoms with Crippen LogP contribution in [0.3, 0.4) is 0 Å². The van der Waals surface area contributed by atoms with Crippen molar-refractivity contribution in [1.82, 2.24) is 24.3 Å². The van der Waals surface area contributed by atoms with Gasteiger partial charge in [0.2, 0.25) is 5.91 Å². The van der Waals surface area contributed by atoms with Crippen LogP contribution in [0.4, 0.5) is 5.69 Å². The number of nitrogens with zero attached hydrogens (tertiary/aromatic N) is 6. The summed E-state index contributed by atoms with van der Waals surface area (Å²) in [5.74, 6) is 0.00208. The Morgan fingerprint density at radius 1 is 1.06 bits per heavy atom. The number of rotatable bonds is 5. The lowest BCUT2D eigenvalue weighted by molar-refractivity contribution is -0.119. The Labute approximate surface area is 182 Å². The summed E-state index contributed by atoms with van der Waals surface area (Å²) in [6, 6.07) is 11.7. The zero-order valence-electron chi connectivity index (χ0n) is 18.2. The number of imidazole rings is 1. The molecular formula is C23H28N6O2. The Balaban J connectivity index is 1.34. The average Bonchev–Trinajstić information content (AvgIpc) is 3.23. The number of carbonyl (C=O) groups is 2. The van der Waals surface area contributed by atoms with E-state index in [-0.39, 0.29) is 17.9 Å². The van der Waals surface area contributed by atoms with Gasteiger partial charge in [-0.15, -0.1) is 0 Å². The molecule has 1 saturated heterocycles. The SMILES string of the molecule is CC(C)n1cnc2cc(C(=O)N3CCN(CC(=O)N(C)c4ccccc4)CC3)cnc21. The molecule has 1 aliphatic heterocycles. The first kappa shape index (κ1) is 21.0. The van der Waals surface area contributed by atoms with Crippen molar-refractivity contribution in [2.24, 2.45) is 0 Å². The minimum atomic E-state index is -0.0409. The fraction of sp³-hybridized carbons (Fsp3) is 0.391. The third kappa shape index (κ3) is 4.44. The van der Waals surface area contributed by atoms with Gasteiger partial charge < -0.3 is 14.4 Å². The number of fused-ring (bicyclic) bond motifs is 1. The number of para-hydroxylation sites is 1. The van der Waals surface area contributed by atoms with Crippen molar-refractivity contribution in [2.75, 3.05) is 44.7 Å². The van der Waals surface area contributed by atoms with Crippen LogP contribution in [0.1, 0.15) is 30.2 Å². The minimum absolute atomic E-state index is 0.0409. The first-order valence-corrected chi connectivity index (χ1v) is 10.6. The van der Waals surface area contributed by atoms with Crippen LogP contribution >= 0.6 is 0 Å². The molecule has 8 heteroatoms. The van der Waals surface area contributed by atoms with Crippen LogP contribution in [0.15, 0.2) is 48.9 Å². The largest absolute Gasteiger partial charge is 0.336 e. The predicted molar refractivity (Wildman–Crippen MR) is 120 cm³/mol. The zero-order valence-corrected chi connectivity index (χ0v) is 18.2. The number of amides is 2. The van der Waals surface area contributed by atoms with E-state index in [1.807, 2.05) is 45.9 Å². The van der Waals surface area contributed by atoms with E-state index in [0.717, 1.165) is 16.9 Å². The molecule has 2 aromatic heterocycles. The maximum Gasteiger partial charge on any atom is 0.255 e. The molecule has 31 heavy (non-hydrogen) atoms. The second-order valence-electron chi connectivity index (χ2n) is 8.17. The van der Waals surface area contributed by atoms with E-state index >= 15 is 0 Å². The third-order valence-corrected chi connectivity index (χ3v) is 5.75. The molecule has 0 bridgehead atoms. The molecule has 0 spiro atoms. The molecule has 8 nitrogen and oxygen atoms in total. The van der Waals surface area contributed by atoms with E-state index in [1.54, 1.807) is 24.5 Å². The van der Waals surface area contributed by atoms with E-state index in [1.165, 1.54) is 0 Å². The highest BCUT2D eigenvalue weighted by molar-refractivity contribution is 5.96. The summed E-state index contributed by atoms with van der Waals surface area (Å²) in [5.41, 5.74) is 2.95. The molecular weight excluding hydrogens is 392 g/mol. The molecule has 1 aromatic carbocycles. The zero-order chi connectivity index (χ0) is 22.0. The number of aromatic nitrogens is 3. The van der Waals surface area contributed by atoms with Crippen LogP contribution in [0, 0.1) is 0 Å². The Kier molecular flexibility index (Phi) is 5.99. The highest BCUT2D eigenvalue weighted by Crippen LogP contribution is 2.18. The fourth-order valence-electron chi connectivity index (χ4n) is 3.80. The van der Waals surface area contributed by atoms with Gasteiger partial charge in [0.15, 0.2) is 5.65 Å². The summed E-state index contributed by atoms with van der Waals surface area (Å²) in [5, 5.41) is 0. The predicted octanol–water partition coefficient (Wildman–Crippen LogP) is 2.43. The van der Waals surface area contributed by atoms with E-state index in [9.17, 15) is 9.59 Å². The molecule has 2 amide bonds. The van der Waals surface area contributed by atoms with Gasteiger partial charge in [-0.3, -0.25) is 14.5 Å². The first-order valence-electron chi connectivity index (χ1n) is 10.6. The monoisotopic (exact) mass is 420 g/mol. The van der Waals surface area contributed by atoms with Crippen LogP contribution in [-0.2, 0) is 4.79 Å². The van der Waals surface area contributed by atoms with Crippen LogP contribution in [0.25, 0.3) is 11.2 Å². The van der Waals surface area contributed by atoms with Gasteiger partial charge >= 0.3 is 0 Å². The van der Waals surface area contributed by atoms with Crippen molar-refractivity contribution in [3.63, 3.8) is 0 Å². The van der Waals surface area contributed by atoms with Crippen LogP contribution in [-0.4, -0.2) is 75.9 Å². The summed E-state index contributed by atoms with van der Waals surface area (Å²) in [6.07, 6.45) is 3.40. The molecule has 1 fully saturated rings. The van der Waals surface area contributed by atoms with Crippen LogP contribution in [0.2, 0.25) is 0 Å². The van der Waals surface area contributed by atoms with Gasteiger partial charge in [-0.25, -0.2) is 9.97 Å². The van der Waals surface area contributed by atoms with Gasteiger partial charge in [0.05, 0.1) is 18.4 Å². The van der Waals surface area contributed by atoms with Gasteiger partial charge in [0.1, 0.15) is 5.52 Å². The molecule has 0 unspecified atom stereocenters. The highest BCUT2D eigenvalue weighted by atomic mass is 16.2. The Hall–Kier alpha value is -3.26. The molecule has 0 aliphatic carbocycles. The summed E-state index contributed by atoms with van der Waals surface area (Å²) in [7, 11) is 1.79. The lowest BCUT2D eigenvalue weighted by atomic mass is 10.2. The lowest BCUT2D eigenvalue weighted by Crippen LogP contribution is -2.51. The molecule has 1 aliphatic rings. The Morgan fingerprint density at radius 3 is 2.45 bits per heavy atom. The minimum Gasteiger partial charge on any atom is -0.336 e. The molecule has 3 heterocycles. The Morgan fingerprint density at radius 2 is 1.77 bits per heavy atom. The van der Waals surface area contributed by atoms with Gasteiger partial charge in [0.25, 0.3) is 5.91 Å². The molecule has 3 aromatic rings. The van der Waals surface area contributed by atoms with Gasteiger partial charge in [0, 0.05) is 51.2 Å². The number of likely N-dealkylation sites (N-methyl/N-ethyl adjacent to an activating group) is 1. The van der Waals surface area contributed by atoms with Crippen molar-refractivity contribution in [1.29, 1.82) is 0 Å². The third-order valence-electron chi connectivity index (χ3n) is 5.75. The normalized spacial score (nSPS) is 14.9. The van der Waals surface area contributed by atoms with Crippen LogP contribution < -0.4 is 4.90 Å². The van der Waals surface area contributed by atoms with Crippen molar-refractivity contribution in [3.8, 4) is 0 Å². The van der Waals surface area contributed by atoms with Crippen molar-refractivity contribution in [2.45, 2.75) is 19.9 Å². The number of carbonyl (C=O) groups excluding carboxylic acids is 2. The quantitative estimate of drug-likeness (QED) is 0.634. The van der Waals surface area contributed by atoms with Gasteiger partial charge in [-0.2, -0.15) is 0 Å². The second-order valence-corrected chi connectivity index (χ2v) is 8.17. The number of hydrogen-bond donors (Lipinski definition) is 0. The summed E-state index contributed by atoms with van der Waals surface area (Å²) >= 11 is 0. The molecule has 0 atom stereocenters. The van der Waals surface area contributed by atoms with E-state index in [2.05, 4.69) is 28.7 Å². The number of benzene rings is 1. The number of anilines is 1. The number of hydrogen-bond acceptors (Lipinski definition) is 5. The molecule has 0 N–H and O–H groups in total. The summed E-state index contributed by atoms with van der Waals surface area (Å²) in [4.78, 5) is 40.0. The molecule has 4 rings (SSSR count). The summed E-state index contributed by atoms with van der Waals surface area (Å²) in [6.45, 7) is 6.98. The fourth-order valence-corrected chi connectivity index (χ4v) is 3.80.